The van der Waals surface area contributed by atoms with Crippen molar-refractivity contribution in [3.63, 3.8) is 0 Å². The van der Waals surface area contributed by atoms with Crippen LogP contribution in [0.1, 0.15) is 29.9 Å². The normalized spacial score (nSPS) is 10.4. The Morgan fingerprint density at radius 3 is 2.67 bits per heavy atom. The standard InChI is InChI=1S/C16H22N4O/c1-4-20(5-2)16(21)13-7-6-8-14(11-13)17-12-15-9-10-18-19(15)3/h6-11,17H,4-5,12H2,1-3H3. The minimum atomic E-state index is 0.0733. The molecule has 0 unspecified atom stereocenters. The van der Waals surface area contributed by atoms with Gasteiger partial charge in [-0.1, -0.05) is 6.07 Å². The molecule has 0 aliphatic rings. The molecule has 1 aromatic carbocycles. The summed E-state index contributed by atoms with van der Waals surface area (Å²) in [4.78, 5) is 14.1. The van der Waals surface area contributed by atoms with Crippen molar-refractivity contribution in [1.82, 2.24) is 14.7 Å². The number of nitrogens with zero attached hydrogens (tertiary/aromatic N) is 3. The van der Waals surface area contributed by atoms with Crippen molar-refractivity contribution < 1.29 is 4.79 Å². The van der Waals surface area contributed by atoms with Gasteiger partial charge >= 0.3 is 0 Å². The molecule has 0 radical (unpaired) electrons. The van der Waals surface area contributed by atoms with Gasteiger partial charge in [-0.25, -0.2) is 0 Å². The first kappa shape index (κ1) is 15.1. The van der Waals surface area contributed by atoms with Gasteiger partial charge in [-0.15, -0.1) is 0 Å². The van der Waals surface area contributed by atoms with Crippen LogP contribution in [0.5, 0.6) is 0 Å². The Kier molecular flexibility index (Phi) is 4.98. The van der Waals surface area contributed by atoms with E-state index in [-0.39, 0.29) is 5.91 Å². The van der Waals surface area contributed by atoms with E-state index in [1.807, 2.05) is 60.8 Å². The van der Waals surface area contributed by atoms with Crippen LogP contribution in [-0.2, 0) is 13.6 Å². The Hall–Kier alpha value is -2.30. The lowest BCUT2D eigenvalue weighted by molar-refractivity contribution is 0.0773. The molecule has 5 heteroatoms. The summed E-state index contributed by atoms with van der Waals surface area (Å²) in [5.41, 5.74) is 2.75. The molecule has 1 amide bonds. The van der Waals surface area contributed by atoms with Gasteiger partial charge in [0.1, 0.15) is 0 Å². The highest BCUT2D eigenvalue weighted by Gasteiger charge is 2.12. The smallest absolute Gasteiger partial charge is 0.253 e. The van der Waals surface area contributed by atoms with E-state index in [4.69, 9.17) is 0 Å². The van der Waals surface area contributed by atoms with E-state index in [1.54, 1.807) is 6.20 Å². The van der Waals surface area contributed by atoms with Gasteiger partial charge in [0.05, 0.1) is 12.2 Å². The Morgan fingerprint density at radius 2 is 2.05 bits per heavy atom. The first-order chi connectivity index (χ1) is 10.2. The molecule has 0 aliphatic carbocycles. The lowest BCUT2D eigenvalue weighted by atomic mass is 10.1. The van der Waals surface area contributed by atoms with Crippen molar-refractivity contribution in [2.75, 3.05) is 18.4 Å². The van der Waals surface area contributed by atoms with Crippen LogP contribution >= 0.6 is 0 Å². The Labute approximate surface area is 125 Å². The molecule has 0 saturated carbocycles. The van der Waals surface area contributed by atoms with Gasteiger partial charge < -0.3 is 10.2 Å². The molecule has 0 atom stereocenters. The first-order valence-electron chi connectivity index (χ1n) is 7.25. The Balaban J connectivity index is 2.07. The summed E-state index contributed by atoms with van der Waals surface area (Å²) >= 11 is 0. The van der Waals surface area contributed by atoms with E-state index in [9.17, 15) is 4.79 Å². The molecule has 112 valence electrons. The average Bonchev–Trinajstić information content (AvgIpc) is 2.92. The quantitative estimate of drug-likeness (QED) is 0.887. The zero-order valence-corrected chi connectivity index (χ0v) is 12.8. The van der Waals surface area contributed by atoms with Crippen molar-refractivity contribution in [2.45, 2.75) is 20.4 Å². The monoisotopic (exact) mass is 286 g/mol. The minimum absolute atomic E-state index is 0.0733. The number of hydrogen-bond donors (Lipinski definition) is 1. The molecule has 0 aliphatic heterocycles. The van der Waals surface area contributed by atoms with Gasteiger partial charge in [0.25, 0.3) is 5.91 Å². The molecular formula is C16H22N4O. The molecule has 0 spiro atoms. The van der Waals surface area contributed by atoms with E-state index in [1.165, 1.54) is 0 Å². The molecule has 0 fully saturated rings. The molecule has 0 saturated heterocycles. The topological polar surface area (TPSA) is 50.2 Å². The van der Waals surface area contributed by atoms with Crippen molar-refractivity contribution in [2.24, 2.45) is 7.05 Å². The Bertz CT molecular complexity index is 602. The molecule has 2 aromatic rings. The van der Waals surface area contributed by atoms with E-state index >= 15 is 0 Å². The van der Waals surface area contributed by atoms with Crippen LogP contribution in [-0.4, -0.2) is 33.7 Å². The molecule has 0 bridgehead atoms. The number of carbonyl (C=O) groups is 1. The third-order valence-corrected chi connectivity index (χ3v) is 3.56. The van der Waals surface area contributed by atoms with Crippen LogP contribution in [0, 0.1) is 0 Å². The Morgan fingerprint density at radius 1 is 1.29 bits per heavy atom. The molecular weight excluding hydrogens is 264 g/mol. The molecule has 5 nitrogen and oxygen atoms in total. The largest absolute Gasteiger partial charge is 0.379 e. The fraction of sp³-hybridized carbons (Fsp3) is 0.375. The number of hydrogen-bond acceptors (Lipinski definition) is 3. The fourth-order valence-electron chi connectivity index (χ4n) is 2.22. The van der Waals surface area contributed by atoms with Crippen LogP contribution in [0.25, 0.3) is 0 Å². The van der Waals surface area contributed by atoms with Crippen molar-refractivity contribution >= 4 is 11.6 Å². The predicted octanol–water partition coefficient (Wildman–Crippen LogP) is 2.51. The number of amides is 1. The van der Waals surface area contributed by atoms with Gasteiger partial charge in [-0.05, 0) is 38.1 Å². The number of aryl methyl sites for hydroxylation is 1. The molecule has 1 aromatic heterocycles. The van der Waals surface area contributed by atoms with Crippen LogP contribution < -0.4 is 5.32 Å². The lowest BCUT2D eigenvalue weighted by Crippen LogP contribution is -2.30. The second-order valence-electron chi connectivity index (χ2n) is 4.86. The number of benzene rings is 1. The number of rotatable bonds is 6. The van der Waals surface area contributed by atoms with Gasteiger partial charge in [0, 0.05) is 37.6 Å². The number of nitrogens with one attached hydrogen (secondary N) is 1. The molecule has 1 heterocycles. The van der Waals surface area contributed by atoms with Crippen molar-refractivity contribution in [1.29, 1.82) is 0 Å². The second kappa shape index (κ2) is 6.92. The highest BCUT2D eigenvalue weighted by Crippen LogP contribution is 2.14. The zero-order valence-electron chi connectivity index (χ0n) is 12.8. The van der Waals surface area contributed by atoms with Gasteiger partial charge in [-0.2, -0.15) is 5.10 Å². The number of carbonyl (C=O) groups excluding carboxylic acids is 1. The van der Waals surface area contributed by atoms with Gasteiger partial charge in [0.15, 0.2) is 0 Å². The van der Waals surface area contributed by atoms with Crippen molar-refractivity contribution in [3.05, 3.63) is 47.8 Å². The summed E-state index contributed by atoms with van der Waals surface area (Å²) in [7, 11) is 1.91. The van der Waals surface area contributed by atoms with E-state index in [2.05, 4.69) is 10.4 Å². The zero-order chi connectivity index (χ0) is 15.2. The number of anilines is 1. The van der Waals surface area contributed by atoms with E-state index in [0.717, 1.165) is 24.5 Å². The lowest BCUT2D eigenvalue weighted by Gasteiger charge is -2.19. The van der Waals surface area contributed by atoms with Gasteiger partial charge in [0.2, 0.25) is 0 Å². The maximum absolute atomic E-state index is 12.3. The van der Waals surface area contributed by atoms with Crippen LogP contribution in [0.15, 0.2) is 36.5 Å². The summed E-state index contributed by atoms with van der Waals surface area (Å²) in [6.07, 6.45) is 1.78. The summed E-state index contributed by atoms with van der Waals surface area (Å²) < 4.78 is 1.83. The third-order valence-electron chi connectivity index (χ3n) is 3.56. The summed E-state index contributed by atoms with van der Waals surface area (Å²) in [5.74, 6) is 0.0733. The second-order valence-corrected chi connectivity index (χ2v) is 4.86. The summed E-state index contributed by atoms with van der Waals surface area (Å²) in [6, 6.07) is 9.60. The first-order valence-corrected chi connectivity index (χ1v) is 7.25. The van der Waals surface area contributed by atoms with Crippen LogP contribution in [0.2, 0.25) is 0 Å². The summed E-state index contributed by atoms with van der Waals surface area (Å²) in [6.45, 7) is 6.11. The van der Waals surface area contributed by atoms with Crippen LogP contribution in [0.3, 0.4) is 0 Å². The summed E-state index contributed by atoms with van der Waals surface area (Å²) in [5, 5.41) is 7.46. The van der Waals surface area contributed by atoms with E-state index in [0.29, 0.717) is 12.1 Å². The number of aromatic nitrogens is 2. The third kappa shape index (κ3) is 3.62. The highest BCUT2D eigenvalue weighted by atomic mass is 16.2. The van der Waals surface area contributed by atoms with E-state index < -0.39 is 0 Å². The maximum atomic E-state index is 12.3. The maximum Gasteiger partial charge on any atom is 0.253 e. The van der Waals surface area contributed by atoms with Gasteiger partial charge in [-0.3, -0.25) is 9.48 Å². The van der Waals surface area contributed by atoms with Crippen LogP contribution in [0.4, 0.5) is 5.69 Å². The average molecular weight is 286 g/mol. The highest BCUT2D eigenvalue weighted by molar-refractivity contribution is 5.95. The minimum Gasteiger partial charge on any atom is -0.379 e. The fourth-order valence-corrected chi connectivity index (χ4v) is 2.22. The van der Waals surface area contributed by atoms with Crippen molar-refractivity contribution in [3.8, 4) is 0 Å². The molecule has 2 rings (SSSR count). The molecule has 1 N–H and O–H groups in total. The predicted molar refractivity (Wildman–Crippen MR) is 84.2 cm³/mol. The SMILES string of the molecule is CCN(CC)C(=O)c1cccc(NCc2ccnn2C)c1. The molecule has 21 heavy (non-hydrogen) atoms.